The molecule has 0 amide bonds. The van der Waals surface area contributed by atoms with Gasteiger partial charge in [-0.2, -0.15) is 0 Å². The van der Waals surface area contributed by atoms with Gasteiger partial charge in [0.05, 0.1) is 6.04 Å². The molecule has 1 atom stereocenters. The van der Waals surface area contributed by atoms with E-state index in [1.807, 2.05) is 26.8 Å². The molecule has 0 aliphatic heterocycles. The van der Waals surface area contributed by atoms with Crippen LogP contribution in [0.3, 0.4) is 0 Å². The predicted octanol–water partition coefficient (Wildman–Crippen LogP) is 1.79. The Bertz CT molecular complexity index is 372. The summed E-state index contributed by atoms with van der Waals surface area (Å²) in [6.07, 6.45) is 2.67. The zero-order valence-electron chi connectivity index (χ0n) is 8.96. The first kappa shape index (κ1) is 10.7. The van der Waals surface area contributed by atoms with E-state index in [2.05, 4.69) is 16.8 Å². The molecule has 1 rings (SSSR count). The van der Waals surface area contributed by atoms with Gasteiger partial charge in [0.1, 0.15) is 0 Å². The summed E-state index contributed by atoms with van der Waals surface area (Å²) in [5, 5.41) is 0. The lowest BCUT2D eigenvalue weighted by atomic mass is 10.1. The van der Waals surface area contributed by atoms with E-state index in [-0.39, 0.29) is 6.04 Å². The molecular formula is C12H16N2. The van der Waals surface area contributed by atoms with Crippen LogP contribution in [-0.2, 0) is 0 Å². The van der Waals surface area contributed by atoms with Crippen LogP contribution in [0, 0.1) is 25.7 Å². The quantitative estimate of drug-likeness (QED) is 0.682. The van der Waals surface area contributed by atoms with E-state index in [9.17, 15) is 0 Å². The number of nitrogens with two attached hydrogens (primary N) is 1. The van der Waals surface area contributed by atoms with Gasteiger partial charge >= 0.3 is 0 Å². The molecule has 0 spiro atoms. The van der Waals surface area contributed by atoms with Gasteiger partial charge in [0.15, 0.2) is 0 Å². The van der Waals surface area contributed by atoms with Gasteiger partial charge in [-0.3, -0.25) is 4.98 Å². The summed E-state index contributed by atoms with van der Waals surface area (Å²) < 4.78 is 0. The van der Waals surface area contributed by atoms with Gasteiger partial charge in [-0.05, 0) is 31.9 Å². The van der Waals surface area contributed by atoms with Crippen molar-refractivity contribution in [3.05, 3.63) is 29.1 Å². The van der Waals surface area contributed by atoms with E-state index in [0.717, 1.165) is 17.7 Å². The largest absolute Gasteiger partial charge is 0.318 e. The summed E-state index contributed by atoms with van der Waals surface area (Å²) >= 11 is 0. The van der Waals surface area contributed by atoms with Crippen LogP contribution in [0.4, 0.5) is 0 Å². The fourth-order valence-corrected chi connectivity index (χ4v) is 0.990. The van der Waals surface area contributed by atoms with Gasteiger partial charge in [-0.25, -0.2) is 0 Å². The van der Waals surface area contributed by atoms with Gasteiger partial charge in [0, 0.05) is 17.5 Å². The smallest absolute Gasteiger partial charge is 0.0665 e. The van der Waals surface area contributed by atoms with Crippen molar-refractivity contribution in [2.45, 2.75) is 33.2 Å². The second-order valence-electron chi connectivity index (χ2n) is 3.41. The lowest BCUT2D eigenvalue weighted by Gasteiger charge is -1.99. The molecule has 0 bridgehead atoms. The molecule has 0 aromatic carbocycles. The fourth-order valence-electron chi connectivity index (χ4n) is 0.990. The molecule has 2 N–H and O–H groups in total. The summed E-state index contributed by atoms with van der Waals surface area (Å²) in [6, 6.07) is 2.01. The number of rotatable bonds is 1. The first-order valence-corrected chi connectivity index (χ1v) is 4.84. The Balaban J connectivity index is 2.86. The number of hydrogen-bond donors (Lipinski definition) is 1. The van der Waals surface area contributed by atoms with Gasteiger partial charge in [0.2, 0.25) is 0 Å². The summed E-state index contributed by atoms with van der Waals surface area (Å²) in [5.41, 5.74) is 8.86. The fraction of sp³-hybridized carbons (Fsp3) is 0.417. The van der Waals surface area contributed by atoms with Crippen LogP contribution >= 0.6 is 0 Å². The van der Waals surface area contributed by atoms with Crippen molar-refractivity contribution in [1.82, 2.24) is 4.98 Å². The summed E-state index contributed by atoms with van der Waals surface area (Å²) in [6.45, 7) is 6.05. The maximum Gasteiger partial charge on any atom is 0.0665 e. The number of aromatic nitrogens is 1. The highest BCUT2D eigenvalue weighted by atomic mass is 14.7. The minimum Gasteiger partial charge on any atom is -0.318 e. The Hall–Kier alpha value is -1.33. The van der Waals surface area contributed by atoms with Gasteiger partial charge in [-0.15, -0.1) is 0 Å². The van der Waals surface area contributed by atoms with E-state index >= 15 is 0 Å². The van der Waals surface area contributed by atoms with Crippen LogP contribution in [0.5, 0.6) is 0 Å². The van der Waals surface area contributed by atoms with Crippen molar-refractivity contribution in [3.8, 4) is 11.8 Å². The van der Waals surface area contributed by atoms with E-state index in [1.165, 1.54) is 5.56 Å². The van der Waals surface area contributed by atoms with E-state index < -0.39 is 0 Å². The molecule has 14 heavy (non-hydrogen) atoms. The molecule has 0 fully saturated rings. The lowest BCUT2D eigenvalue weighted by molar-refractivity contribution is 0.806. The summed E-state index contributed by atoms with van der Waals surface area (Å²) in [4.78, 5) is 4.24. The Morgan fingerprint density at radius 2 is 2.21 bits per heavy atom. The maximum absolute atomic E-state index is 5.69. The number of nitrogens with zero attached hydrogens (tertiary/aromatic N) is 1. The molecule has 1 unspecified atom stereocenters. The molecular weight excluding hydrogens is 172 g/mol. The zero-order chi connectivity index (χ0) is 10.6. The standard InChI is InChI=1S/C12H16N2/c1-4-12(13)6-5-11-7-9(2)10(3)14-8-11/h7-8,12H,4,13H2,1-3H3. The van der Waals surface area contributed by atoms with Crippen LogP contribution in [0.15, 0.2) is 12.3 Å². The third kappa shape index (κ3) is 2.86. The molecule has 0 aliphatic rings. The number of aryl methyl sites for hydroxylation is 2. The van der Waals surface area contributed by atoms with E-state index in [0.29, 0.717) is 0 Å². The second-order valence-corrected chi connectivity index (χ2v) is 3.41. The topological polar surface area (TPSA) is 38.9 Å². The van der Waals surface area contributed by atoms with Crippen LogP contribution in [0.25, 0.3) is 0 Å². The Morgan fingerprint density at radius 3 is 2.79 bits per heavy atom. The second kappa shape index (κ2) is 4.78. The van der Waals surface area contributed by atoms with Crippen LogP contribution in [0.1, 0.15) is 30.2 Å². The van der Waals surface area contributed by atoms with Gasteiger partial charge < -0.3 is 5.73 Å². The molecule has 1 heterocycles. The lowest BCUT2D eigenvalue weighted by Crippen LogP contribution is -2.15. The molecule has 1 aromatic heterocycles. The van der Waals surface area contributed by atoms with Gasteiger partial charge in [-0.1, -0.05) is 18.8 Å². The Morgan fingerprint density at radius 1 is 1.50 bits per heavy atom. The zero-order valence-corrected chi connectivity index (χ0v) is 8.96. The van der Waals surface area contributed by atoms with Crippen LogP contribution in [0.2, 0.25) is 0 Å². The highest BCUT2D eigenvalue weighted by molar-refractivity contribution is 5.36. The Kier molecular flexibility index (Phi) is 3.67. The number of hydrogen-bond acceptors (Lipinski definition) is 2. The maximum atomic E-state index is 5.69. The van der Waals surface area contributed by atoms with Crippen molar-refractivity contribution in [2.24, 2.45) is 5.73 Å². The first-order valence-electron chi connectivity index (χ1n) is 4.84. The summed E-state index contributed by atoms with van der Waals surface area (Å²) in [5.74, 6) is 6.01. The minimum absolute atomic E-state index is 0.0309. The summed E-state index contributed by atoms with van der Waals surface area (Å²) in [7, 11) is 0. The van der Waals surface area contributed by atoms with Crippen molar-refractivity contribution in [2.75, 3.05) is 0 Å². The normalized spacial score (nSPS) is 11.7. The first-order chi connectivity index (χ1) is 6.63. The number of pyridine rings is 1. The average molecular weight is 188 g/mol. The minimum atomic E-state index is -0.0309. The van der Waals surface area contributed by atoms with Crippen molar-refractivity contribution in [1.29, 1.82) is 0 Å². The van der Waals surface area contributed by atoms with Crippen LogP contribution < -0.4 is 5.73 Å². The van der Waals surface area contributed by atoms with Crippen molar-refractivity contribution in [3.63, 3.8) is 0 Å². The molecule has 0 aliphatic carbocycles. The molecule has 1 aromatic rings. The molecule has 0 saturated heterocycles. The van der Waals surface area contributed by atoms with Crippen molar-refractivity contribution < 1.29 is 0 Å². The van der Waals surface area contributed by atoms with E-state index in [4.69, 9.17) is 5.73 Å². The monoisotopic (exact) mass is 188 g/mol. The van der Waals surface area contributed by atoms with Gasteiger partial charge in [0.25, 0.3) is 0 Å². The molecule has 2 nitrogen and oxygen atoms in total. The SMILES string of the molecule is CCC(N)C#Cc1cnc(C)c(C)c1. The Labute approximate surface area is 85.5 Å². The third-order valence-electron chi connectivity index (χ3n) is 2.18. The van der Waals surface area contributed by atoms with E-state index in [1.54, 1.807) is 6.20 Å². The van der Waals surface area contributed by atoms with Crippen LogP contribution in [-0.4, -0.2) is 11.0 Å². The van der Waals surface area contributed by atoms with Crippen molar-refractivity contribution >= 4 is 0 Å². The molecule has 74 valence electrons. The third-order valence-corrected chi connectivity index (χ3v) is 2.18. The predicted molar refractivity (Wildman–Crippen MR) is 58.9 cm³/mol. The molecule has 2 heteroatoms. The average Bonchev–Trinajstić information content (AvgIpc) is 2.19. The molecule has 0 saturated carbocycles. The highest BCUT2D eigenvalue weighted by Gasteiger charge is 1.95. The molecule has 0 radical (unpaired) electrons. The highest BCUT2D eigenvalue weighted by Crippen LogP contribution is 2.04.